The molecule has 0 atom stereocenters. The molecule has 0 radical (unpaired) electrons. The van der Waals surface area contributed by atoms with Crippen LogP contribution in [0.25, 0.3) is 0 Å². The van der Waals surface area contributed by atoms with Gasteiger partial charge in [-0.2, -0.15) is 0 Å². The van der Waals surface area contributed by atoms with Crippen LogP contribution in [0.2, 0.25) is 0 Å². The Morgan fingerprint density at radius 3 is 2.37 bits per heavy atom. The molecule has 0 aliphatic carbocycles. The van der Waals surface area contributed by atoms with Crippen molar-refractivity contribution in [1.82, 2.24) is 10.3 Å². The minimum absolute atomic E-state index is 0.0119. The first-order chi connectivity index (χ1) is 16.8. The van der Waals surface area contributed by atoms with E-state index in [2.05, 4.69) is 16.9 Å². The lowest BCUT2D eigenvalue weighted by molar-refractivity contribution is -0.123. The summed E-state index contributed by atoms with van der Waals surface area (Å²) in [6.07, 6.45) is 1.55. The van der Waals surface area contributed by atoms with Gasteiger partial charge in [-0.1, -0.05) is 26.5 Å². The molecule has 1 saturated heterocycles. The van der Waals surface area contributed by atoms with E-state index in [0.29, 0.717) is 5.75 Å². The highest BCUT2D eigenvalue weighted by molar-refractivity contribution is 7.93. The van der Waals surface area contributed by atoms with Crippen LogP contribution in [0.1, 0.15) is 26.7 Å². The molecule has 0 saturated carbocycles. The Bertz CT molecular complexity index is 1100. The van der Waals surface area contributed by atoms with Crippen molar-refractivity contribution in [3.63, 3.8) is 0 Å². The van der Waals surface area contributed by atoms with E-state index in [0.717, 1.165) is 0 Å². The van der Waals surface area contributed by atoms with Crippen molar-refractivity contribution in [3.8, 4) is 11.6 Å². The third-order valence-electron chi connectivity index (χ3n) is 5.17. The van der Waals surface area contributed by atoms with Crippen molar-refractivity contribution >= 4 is 21.7 Å². The lowest BCUT2D eigenvalue weighted by Gasteiger charge is -2.33. The number of amides is 2. The Kier molecular flexibility index (Phi) is 10.2. The van der Waals surface area contributed by atoms with Crippen molar-refractivity contribution in [2.24, 2.45) is 5.73 Å². The zero-order chi connectivity index (χ0) is 25.9. The van der Waals surface area contributed by atoms with Crippen LogP contribution in [0.3, 0.4) is 0 Å². The maximum absolute atomic E-state index is 13.1. The average molecular weight is 506 g/mol. The molecule has 3 rings (SSSR count). The number of nitrogens with two attached hydrogens (primary N) is 1. The maximum atomic E-state index is 13.1. The summed E-state index contributed by atoms with van der Waals surface area (Å²) in [5.74, 6) is -0.858. The van der Waals surface area contributed by atoms with Crippen molar-refractivity contribution in [1.29, 1.82) is 0 Å². The van der Waals surface area contributed by atoms with Crippen LogP contribution in [-0.4, -0.2) is 56.3 Å². The highest BCUT2D eigenvalue weighted by Gasteiger charge is 2.51. The Morgan fingerprint density at radius 2 is 1.80 bits per heavy atom. The van der Waals surface area contributed by atoms with Crippen LogP contribution in [-0.2, 0) is 24.2 Å². The second kappa shape index (κ2) is 12.9. The monoisotopic (exact) mass is 505 g/mol. The summed E-state index contributed by atoms with van der Waals surface area (Å²) >= 11 is 0. The number of benzene rings is 1. The number of pyridine rings is 1. The van der Waals surface area contributed by atoms with E-state index < -0.39 is 26.4 Å². The van der Waals surface area contributed by atoms with E-state index in [1.807, 2.05) is 13.8 Å². The second-order valence-corrected chi connectivity index (χ2v) is 9.50. The molecule has 1 aromatic carbocycles. The number of carbonyl (C=O) groups is 2. The molecule has 35 heavy (non-hydrogen) atoms. The van der Waals surface area contributed by atoms with Crippen LogP contribution < -0.4 is 20.5 Å². The molecule has 2 amide bonds. The Morgan fingerprint density at radius 1 is 1.14 bits per heavy atom. The Balaban J connectivity index is 0.00000210. The van der Waals surface area contributed by atoms with Gasteiger partial charge in [0.25, 0.3) is 5.91 Å². The summed E-state index contributed by atoms with van der Waals surface area (Å²) in [7, 11) is -4.01. The molecule has 1 aliphatic rings. The van der Waals surface area contributed by atoms with Gasteiger partial charge in [-0.25, -0.2) is 13.4 Å². The van der Waals surface area contributed by atoms with Crippen molar-refractivity contribution in [3.05, 3.63) is 61.0 Å². The Labute approximate surface area is 205 Å². The van der Waals surface area contributed by atoms with Gasteiger partial charge in [0, 0.05) is 25.5 Å². The minimum Gasteiger partial charge on any atom is -0.492 e. The van der Waals surface area contributed by atoms with Gasteiger partial charge < -0.3 is 25.3 Å². The van der Waals surface area contributed by atoms with Crippen LogP contribution in [0, 0.1) is 0 Å². The van der Waals surface area contributed by atoms with E-state index in [1.54, 1.807) is 18.2 Å². The third-order valence-corrected chi connectivity index (χ3v) is 7.70. The fourth-order valence-corrected chi connectivity index (χ4v) is 5.22. The first kappa shape index (κ1) is 27.8. The lowest BCUT2D eigenvalue weighted by Crippen LogP contribution is -2.53. The average Bonchev–Trinajstić information content (AvgIpc) is 2.88. The molecule has 190 valence electrons. The standard InChI is InChI=1S/C22H25N3O7S.C2H6/c1-16(32-19-4-2-3-11-24-19)20(26)25-12-15-31-17-5-7-18(8-6-17)33(28,29)22(21(23)27)9-13-30-14-10-22;1-2/h2-8,11H,1,9-10,12-15H2,(H2,23,27)(H,25,26);1-2H3. The second-order valence-electron chi connectivity index (χ2n) is 7.24. The molecule has 1 aromatic heterocycles. The zero-order valence-corrected chi connectivity index (χ0v) is 20.7. The normalized spacial score (nSPS) is 14.6. The molecule has 3 N–H and O–H groups in total. The van der Waals surface area contributed by atoms with Crippen LogP contribution in [0.4, 0.5) is 0 Å². The summed E-state index contributed by atoms with van der Waals surface area (Å²) in [5.41, 5.74) is 5.47. The van der Waals surface area contributed by atoms with Gasteiger partial charge in [0.1, 0.15) is 12.4 Å². The highest BCUT2D eigenvalue weighted by Crippen LogP contribution is 2.35. The molecule has 10 nitrogen and oxygen atoms in total. The molecule has 1 fully saturated rings. The zero-order valence-electron chi connectivity index (χ0n) is 19.9. The third kappa shape index (κ3) is 6.80. The number of aromatic nitrogens is 1. The molecule has 11 heteroatoms. The van der Waals surface area contributed by atoms with Gasteiger partial charge >= 0.3 is 0 Å². The highest BCUT2D eigenvalue weighted by atomic mass is 32.2. The van der Waals surface area contributed by atoms with E-state index in [4.69, 9.17) is 19.9 Å². The van der Waals surface area contributed by atoms with E-state index in [1.165, 1.54) is 30.5 Å². The smallest absolute Gasteiger partial charge is 0.286 e. The van der Waals surface area contributed by atoms with E-state index >= 15 is 0 Å². The van der Waals surface area contributed by atoms with Crippen molar-refractivity contribution in [2.75, 3.05) is 26.4 Å². The number of nitrogens with zero attached hydrogens (tertiary/aromatic N) is 1. The molecule has 2 heterocycles. The molecule has 0 spiro atoms. The number of primary amides is 1. The van der Waals surface area contributed by atoms with Gasteiger partial charge in [-0.05, 0) is 43.2 Å². The number of hydrogen-bond donors (Lipinski definition) is 2. The van der Waals surface area contributed by atoms with Crippen LogP contribution >= 0.6 is 0 Å². The largest absolute Gasteiger partial charge is 0.492 e. The summed E-state index contributed by atoms with van der Waals surface area (Å²) in [5, 5.41) is 2.59. The predicted octanol–water partition coefficient (Wildman–Crippen LogP) is 2.00. The molecular formula is C24H31N3O7S. The summed E-state index contributed by atoms with van der Waals surface area (Å²) in [4.78, 5) is 28.0. The molecule has 0 bridgehead atoms. The lowest BCUT2D eigenvalue weighted by atomic mass is 9.98. The summed E-state index contributed by atoms with van der Waals surface area (Å²) < 4.78 is 40.6. The van der Waals surface area contributed by atoms with Gasteiger partial charge in [-0.15, -0.1) is 0 Å². The molecular weight excluding hydrogens is 474 g/mol. The first-order valence-electron chi connectivity index (χ1n) is 11.2. The molecule has 2 aromatic rings. The number of carbonyl (C=O) groups excluding carboxylic acids is 2. The molecule has 1 aliphatic heterocycles. The van der Waals surface area contributed by atoms with Gasteiger partial charge in [0.15, 0.2) is 20.3 Å². The first-order valence-corrected chi connectivity index (χ1v) is 12.7. The van der Waals surface area contributed by atoms with Gasteiger partial charge in [0.2, 0.25) is 11.8 Å². The van der Waals surface area contributed by atoms with Crippen LogP contribution in [0.15, 0.2) is 65.9 Å². The Hall–Kier alpha value is -3.44. The SMILES string of the molecule is C=C(Oc1ccccn1)C(=O)NCCOc1ccc(S(=O)(=O)C2(C(N)=O)CCOCC2)cc1.CC. The fourth-order valence-electron chi connectivity index (χ4n) is 3.30. The minimum atomic E-state index is -4.01. The quantitative estimate of drug-likeness (QED) is 0.283. The summed E-state index contributed by atoms with van der Waals surface area (Å²) in [6, 6.07) is 10.7. The number of nitrogens with one attached hydrogen (secondary N) is 1. The van der Waals surface area contributed by atoms with Gasteiger partial charge in [0.05, 0.1) is 11.4 Å². The van der Waals surface area contributed by atoms with Crippen molar-refractivity contribution in [2.45, 2.75) is 36.3 Å². The fraction of sp³-hybridized carbons (Fsp3) is 0.375. The predicted molar refractivity (Wildman–Crippen MR) is 129 cm³/mol. The number of sulfone groups is 1. The number of hydrogen-bond acceptors (Lipinski definition) is 8. The van der Waals surface area contributed by atoms with Crippen molar-refractivity contribution < 1.29 is 32.2 Å². The van der Waals surface area contributed by atoms with Gasteiger partial charge in [-0.3, -0.25) is 9.59 Å². The van der Waals surface area contributed by atoms with E-state index in [-0.39, 0.29) is 55.7 Å². The number of ether oxygens (including phenoxy) is 3. The summed E-state index contributed by atoms with van der Waals surface area (Å²) in [6.45, 7) is 8.14. The molecule has 0 unspecified atom stereocenters. The maximum Gasteiger partial charge on any atom is 0.286 e. The topological polar surface area (TPSA) is 147 Å². The van der Waals surface area contributed by atoms with Crippen LogP contribution in [0.5, 0.6) is 11.6 Å². The number of rotatable bonds is 10. The van der Waals surface area contributed by atoms with E-state index in [9.17, 15) is 18.0 Å².